The quantitative estimate of drug-likeness (QED) is 0.802. The minimum Gasteiger partial charge on any atom is -0.465 e. The maximum absolute atomic E-state index is 11.8. The smallest absolute Gasteiger partial charge is 0.325 e. The van der Waals surface area contributed by atoms with E-state index in [1.165, 1.54) is 0 Å². The second-order valence-electron chi connectivity index (χ2n) is 3.77. The van der Waals surface area contributed by atoms with E-state index >= 15 is 0 Å². The molecule has 0 atom stereocenters. The van der Waals surface area contributed by atoms with E-state index in [2.05, 4.69) is 10.3 Å². The van der Waals surface area contributed by atoms with Crippen molar-refractivity contribution in [3.63, 3.8) is 0 Å². The summed E-state index contributed by atoms with van der Waals surface area (Å²) in [5, 5.41) is 3.55. The fourth-order valence-corrected chi connectivity index (χ4v) is 1.66. The van der Waals surface area contributed by atoms with Crippen LogP contribution in [0.4, 0.5) is 0 Å². The van der Waals surface area contributed by atoms with Gasteiger partial charge in [0.2, 0.25) is 0 Å². The van der Waals surface area contributed by atoms with E-state index in [0.717, 1.165) is 10.9 Å². The van der Waals surface area contributed by atoms with E-state index in [0.29, 0.717) is 12.2 Å². The van der Waals surface area contributed by atoms with E-state index < -0.39 is 5.97 Å². The Bertz CT molecular complexity index is 574. The van der Waals surface area contributed by atoms with E-state index in [1.54, 1.807) is 19.1 Å². The van der Waals surface area contributed by atoms with Crippen LogP contribution in [0.3, 0.4) is 0 Å². The number of fused-ring (bicyclic) bond motifs is 1. The number of rotatable bonds is 4. The fourth-order valence-electron chi connectivity index (χ4n) is 1.66. The summed E-state index contributed by atoms with van der Waals surface area (Å²) in [5.74, 6) is -0.730. The Morgan fingerprint density at radius 1 is 1.33 bits per heavy atom. The molecule has 5 nitrogen and oxygen atoms in total. The van der Waals surface area contributed by atoms with Crippen LogP contribution in [0.25, 0.3) is 10.9 Å². The lowest BCUT2D eigenvalue weighted by molar-refractivity contribution is -0.141. The molecule has 0 aliphatic rings. The number of amides is 1. The maximum atomic E-state index is 11.8. The Kier molecular flexibility index (Phi) is 3.62. The van der Waals surface area contributed by atoms with Crippen molar-refractivity contribution in [1.82, 2.24) is 10.3 Å². The largest absolute Gasteiger partial charge is 0.465 e. The SMILES string of the molecule is CCOC(=O)CNC(=O)c1ccc2cc[nH]c2c1. The van der Waals surface area contributed by atoms with Gasteiger partial charge in [-0.3, -0.25) is 9.59 Å². The Morgan fingerprint density at radius 3 is 2.94 bits per heavy atom. The zero-order chi connectivity index (χ0) is 13.0. The van der Waals surface area contributed by atoms with Gasteiger partial charge in [0.15, 0.2) is 0 Å². The standard InChI is InChI=1S/C13H14N2O3/c1-2-18-12(16)8-15-13(17)10-4-3-9-5-6-14-11(9)7-10/h3-7,14H,2,8H2,1H3,(H,15,17). The van der Waals surface area contributed by atoms with Gasteiger partial charge in [-0.05, 0) is 30.5 Å². The highest BCUT2D eigenvalue weighted by molar-refractivity contribution is 5.99. The average molecular weight is 246 g/mol. The molecule has 0 radical (unpaired) electrons. The molecule has 18 heavy (non-hydrogen) atoms. The monoisotopic (exact) mass is 246 g/mol. The molecule has 0 aliphatic heterocycles. The molecule has 0 saturated heterocycles. The molecule has 5 heteroatoms. The van der Waals surface area contributed by atoms with Crippen LogP contribution in [0.1, 0.15) is 17.3 Å². The minimum absolute atomic E-state index is 0.116. The maximum Gasteiger partial charge on any atom is 0.325 e. The lowest BCUT2D eigenvalue weighted by Crippen LogP contribution is -2.30. The normalized spacial score (nSPS) is 10.3. The Balaban J connectivity index is 2.02. The first-order chi connectivity index (χ1) is 8.70. The number of H-pyrrole nitrogens is 1. The van der Waals surface area contributed by atoms with Crippen LogP contribution in [0.2, 0.25) is 0 Å². The van der Waals surface area contributed by atoms with Crippen molar-refractivity contribution in [2.45, 2.75) is 6.92 Å². The molecule has 0 bridgehead atoms. The Morgan fingerprint density at radius 2 is 2.17 bits per heavy atom. The number of carbonyl (C=O) groups is 2. The predicted molar refractivity (Wildman–Crippen MR) is 67.3 cm³/mol. The number of hydrogen-bond donors (Lipinski definition) is 2. The number of aromatic amines is 1. The van der Waals surface area contributed by atoms with Gasteiger partial charge in [-0.1, -0.05) is 6.07 Å². The van der Waals surface area contributed by atoms with Gasteiger partial charge in [0.25, 0.3) is 5.91 Å². The van der Waals surface area contributed by atoms with Crippen molar-refractivity contribution in [1.29, 1.82) is 0 Å². The first kappa shape index (κ1) is 12.2. The summed E-state index contributed by atoms with van der Waals surface area (Å²) in [6.45, 7) is 1.91. The number of ether oxygens (including phenoxy) is 1. The third kappa shape index (κ3) is 2.68. The van der Waals surface area contributed by atoms with E-state index in [9.17, 15) is 9.59 Å². The molecule has 0 aliphatic carbocycles. The van der Waals surface area contributed by atoms with Gasteiger partial charge >= 0.3 is 5.97 Å². The minimum atomic E-state index is -0.438. The van der Waals surface area contributed by atoms with Crippen molar-refractivity contribution < 1.29 is 14.3 Å². The van der Waals surface area contributed by atoms with Gasteiger partial charge < -0.3 is 15.0 Å². The van der Waals surface area contributed by atoms with Crippen molar-refractivity contribution in [3.8, 4) is 0 Å². The van der Waals surface area contributed by atoms with Gasteiger partial charge in [-0.2, -0.15) is 0 Å². The van der Waals surface area contributed by atoms with Gasteiger partial charge in [-0.15, -0.1) is 0 Å². The summed E-state index contributed by atoms with van der Waals surface area (Å²) in [6, 6.07) is 7.24. The molecular weight excluding hydrogens is 232 g/mol. The van der Waals surface area contributed by atoms with Crippen molar-refractivity contribution >= 4 is 22.8 Å². The van der Waals surface area contributed by atoms with Gasteiger partial charge in [0, 0.05) is 17.3 Å². The first-order valence-electron chi connectivity index (χ1n) is 5.71. The number of nitrogens with one attached hydrogen (secondary N) is 2. The number of esters is 1. The molecule has 1 heterocycles. The molecule has 94 valence electrons. The summed E-state index contributed by atoms with van der Waals surface area (Å²) in [7, 11) is 0. The van der Waals surface area contributed by atoms with Gasteiger partial charge in [0.05, 0.1) is 6.61 Å². The summed E-state index contributed by atoms with van der Waals surface area (Å²) in [4.78, 5) is 25.9. The lowest BCUT2D eigenvalue weighted by atomic mass is 10.1. The van der Waals surface area contributed by atoms with Crippen LogP contribution >= 0.6 is 0 Å². The zero-order valence-electron chi connectivity index (χ0n) is 10.0. The summed E-state index contributed by atoms with van der Waals surface area (Å²) in [5.41, 5.74) is 1.40. The molecule has 0 saturated carbocycles. The molecular formula is C13H14N2O3. The van der Waals surface area contributed by atoms with Crippen LogP contribution < -0.4 is 5.32 Å². The molecule has 1 aromatic carbocycles. The predicted octanol–water partition coefficient (Wildman–Crippen LogP) is 1.46. The zero-order valence-corrected chi connectivity index (χ0v) is 10.0. The Hall–Kier alpha value is -2.30. The highest BCUT2D eigenvalue weighted by Crippen LogP contribution is 2.13. The van der Waals surface area contributed by atoms with Crippen molar-refractivity contribution in [2.75, 3.05) is 13.2 Å². The second kappa shape index (κ2) is 5.35. The van der Waals surface area contributed by atoms with E-state index in [1.807, 2.05) is 18.3 Å². The van der Waals surface area contributed by atoms with Crippen LogP contribution in [-0.2, 0) is 9.53 Å². The summed E-state index contributed by atoms with van der Waals surface area (Å²) < 4.78 is 4.73. The van der Waals surface area contributed by atoms with Crippen LogP contribution in [0, 0.1) is 0 Å². The number of hydrogen-bond acceptors (Lipinski definition) is 3. The van der Waals surface area contributed by atoms with Crippen LogP contribution in [0.15, 0.2) is 30.5 Å². The fraction of sp³-hybridized carbons (Fsp3) is 0.231. The summed E-state index contributed by atoms with van der Waals surface area (Å²) in [6.07, 6.45) is 1.81. The molecule has 1 aromatic heterocycles. The first-order valence-corrected chi connectivity index (χ1v) is 5.71. The molecule has 2 aromatic rings. The van der Waals surface area contributed by atoms with Crippen molar-refractivity contribution in [2.24, 2.45) is 0 Å². The van der Waals surface area contributed by atoms with Crippen molar-refractivity contribution in [3.05, 3.63) is 36.0 Å². The van der Waals surface area contributed by atoms with E-state index in [4.69, 9.17) is 4.74 Å². The molecule has 0 spiro atoms. The lowest BCUT2D eigenvalue weighted by Gasteiger charge is -2.05. The van der Waals surface area contributed by atoms with E-state index in [-0.39, 0.29) is 12.5 Å². The Labute approximate surface area is 104 Å². The third-order valence-corrected chi connectivity index (χ3v) is 2.52. The highest BCUT2D eigenvalue weighted by atomic mass is 16.5. The highest BCUT2D eigenvalue weighted by Gasteiger charge is 2.09. The topological polar surface area (TPSA) is 71.2 Å². The average Bonchev–Trinajstić information content (AvgIpc) is 2.83. The van der Waals surface area contributed by atoms with Crippen LogP contribution in [0.5, 0.6) is 0 Å². The number of benzene rings is 1. The molecule has 0 fully saturated rings. The molecule has 1 amide bonds. The third-order valence-electron chi connectivity index (χ3n) is 2.52. The van der Waals surface area contributed by atoms with Gasteiger partial charge in [-0.25, -0.2) is 0 Å². The second-order valence-corrected chi connectivity index (χ2v) is 3.77. The molecule has 0 unspecified atom stereocenters. The number of aromatic nitrogens is 1. The number of carbonyl (C=O) groups excluding carboxylic acids is 2. The molecule has 2 N–H and O–H groups in total. The summed E-state index contributed by atoms with van der Waals surface area (Å²) >= 11 is 0. The van der Waals surface area contributed by atoms with Gasteiger partial charge in [0.1, 0.15) is 6.54 Å². The molecule has 2 rings (SSSR count). The van der Waals surface area contributed by atoms with Crippen LogP contribution in [-0.4, -0.2) is 30.0 Å².